The molecule has 0 unspecified atom stereocenters. The summed E-state index contributed by atoms with van der Waals surface area (Å²) in [6.45, 7) is 17.2. The molecule has 1 fully saturated rings. The fourth-order valence-corrected chi connectivity index (χ4v) is 4.51. The molecule has 3 rings (SSSR count). The van der Waals surface area contributed by atoms with Crippen LogP contribution >= 0.6 is 0 Å². The third-order valence-corrected chi connectivity index (χ3v) is 6.68. The van der Waals surface area contributed by atoms with Crippen LogP contribution in [0.1, 0.15) is 81.9 Å². The number of carbonyl (C=O) groups excluding carboxylic acids is 2. The lowest BCUT2D eigenvalue weighted by molar-refractivity contribution is -0.131. The Morgan fingerprint density at radius 3 is 1.79 bits per heavy atom. The fourth-order valence-electron chi connectivity index (χ4n) is 4.51. The molecule has 0 spiro atoms. The van der Waals surface area contributed by atoms with Crippen LogP contribution in [-0.2, 0) is 22.0 Å². The molecule has 0 aromatic heterocycles. The lowest BCUT2D eigenvalue weighted by Crippen LogP contribution is -2.48. The Labute approximate surface area is 204 Å². The molecule has 2 aromatic carbocycles. The summed E-state index contributed by atoms with van der Waals surface area (Å²) in [6.07, 6.45) is 1.13. The smallest absolute Gasteiger partial charge is 0.223 e. The Balaban J connectivity index is 1.63. The zero-order valence-electron chi connectivity index (χ0n) is 21.9. The Kier molecular flexibility index (Phi) is 7.44. The quantitative estimate of drug-likeness (QED) is 0.596. The van der Waals surface area contributed by atoms with E-state index in [9.17, 15) is 14.7 Å². The molecular formula is C29H40N2O3. The van der Waals surface area contributed by atoms with Gasteiger partial charge in [-0.1, -0.05) is 53.7 Å². The molecule has 34 heavy (non-hydrogen) atoms. The van der Waals surface area contributed by atoms with Gasteiger partial charge in [-0.05, 0) is 65.1 Å². The molecule has 1 N–H and O–H groups in total. The van der Waals surface area contributed by atoms with Gasteiger partial charge in [0.05, 0.1) is 0 Å². The van der Waals surface area contributed by atoms with Crippen LogP contribution in [0.15, 0.2) is 36.4 Å². The normalized spacial score (nSPS) is 14.9. The highest BCUT2D eigenvalue weighted by atomic mass is 16.3. The Bertz CT molecular complexity index is 1000. The minimum atomic E-state index is -0.178. The minimum Gasteiger partial charge on any atom is -0.507 e. The predicted octanol–water partition coefficient (Wildman–Crippen LogP) is 5.47. The highest BCUT2D eigenvalue weighted by Gasteiger charge is 2.27. The summed E-state index contributed by atoms with van der Waals surface area (Å²) in [5.74, 6) is 0.622. The van der Waals surface area contributed by atoms with Crippen LogP contribution in [0.3, 0.4) is 0 Å². The molecule has 5 heteroatoms. The van der Waals surface area contributed by atoms with E-state index in [4.69, 9.17) is 0 Å². The van der Waals surface area contributed by atoms with Gasteiger partial charge in [0.1, 0.15) is 5.75 Å². The van der Waals surface area contributed by atoms with E-state index in [-0.39, 0.29) is 22.5 Å². The summed E-state index contributed by atoms with van der Waals surface area (Å²) >= 11 is 0. The maximum absolute atomic E-state index is 13.0. The topological polar surface area (TPSA) is 60.9 Å². The first-order valence-corrected chi connectivity index (χ1v) is 12.3. The van der Waals surface area contributed by atoms with Gasteiger partial charge in [-0.3, -0.25) is 9.59 Å². The number of piperazine rings is 1. The Morgan fingerprint density at radius 2 is 1.35 bits per heavy atom. The first-order chi connectivity index (χ1) is 15.8. The summed E-state index contributed by atoms with van der Waals surface area (Å²) in [4.78, 5) is 28.7. The van der Waals surface area contributed by atoms with Crippen LogP contribution in [0.25, 0.3) is 0 Å². The molecule has 184 valence electrons. The van der Waals surface area contributed by atoms with Crippen LogP contribution in [0.5, 0.6) is 5.75 Å². The molecule has 2 aromatic rings. The van der Waals surface area contributed by atoms with Crippen molar-refractivity contribution in [1.82, 2.24) is 4.90 Å². The molecule has 5 nitrogen and oxygen atoms in total. The van der Waals surface area contributed by atoms with E-state index in [0.717, 1.165) is 41.0 Å². The minimum absolute atomic E-state index is 0.0693. The van der Waals surface area contributed by atoms with Gasteiger partial charge in [-0.2, -0.15) is 0 Å². The molecule has 1 saturated heterocycles. The molecule has 1 aliphatic rings. The summed E-state index contributed by atoms with van der Waals surface area (Å²) in [7, 11) is 0. The zero-order valence-corrected chi connectivity index (χ0v) is 21.9. The van der Waals surface area contributed by atoms with Gasteiger partial charge >= 0.3 is 0 Å². The highest BCUT2D eigenvalue weighted by Crippen LogP contribution is 2.40. The summed E-state index contributed by atoms with van der Waals surface area (Å²) < 4.78 is 0. The van der Waals surface area contributed by atoms with Gasteiger partial charge in [0, 0.05) is 43.9 Å². The van der Waals surface area contributed by atoms with Gasteiger partial charge in [-0.15, -0.1) is 0 Å². The van der Waals surface area contributed by atoms with Gasteiger partial charge < -0.3 is 14.9 Å². The van der Waals surface area contributed by atoms with Gasteiger partial charge in [0.15, 0.2) is 5.78 Å². The summed E-state index contributed by atoms with van der Waals surface area (Å²) in [5.41, 5.74) is 4.43. The Hall–Kier alpha value is -2.82. The van der Waals surface area contributed by atoms with Crippen molar-refractivity contribution in [3.8, 4) is 5.75 Å². The largest absolute Gasteiger partial charge is 0.507 e. The van der Waals surface area contributed by atoms with Gasteiger partial charge in [0.2, 0.25) is 5.91 Å². The number of ketones is 1. The van der Waals surface area contributed by atoms with Crippen LogP contribution < -0.4 is 4.90 Å². The monoisotopic (exact) mass is 464 g/mol. The Morgan fingerprint density at radius 1 is 0.853 bits per heavy atom. The molecule has 1 aliphatic heterocycles. The number of benzene rings is 2. The second kappa shape index (κ2) is 9.81. The van der Waals surface area contributed by atoms with E-state index in [2.05, 4.69) is 58.6 Å². The number of rotatable bonds is 5. The van der Waals surface area contributed by atoms with E-state index < -0.39 is 0 Å². The average Bonchev–Trinajstić information content (AvgIpc) is 2.76. The standard InChI is InChI=1S/C29H40N2O3/c1-20(32)22-9-11-23(12-10-22)30-14-16-31(17-15-30)26(33)13-8-21-18-24(28(2,3)4)27(34)25(19-21)29(5,6)7/h9-12,18-19,34H,8,13-17H2,1-7H3. The molecule has 0 bridgehead atoms. The molecule has 1 heterocycles. The molecule has 0 saturated carbocycles. The van der Waals surface area contributed by atoms with Crippen LogP contribution in [0, 0.1) is 0 Å². The third-order valence-electron chi connectivity index (χ3n) is 6.68. The van der Waals surface area contributed by atoms with E-state index in [1.165, 1.54) is 0 Å². The molecule has 0 radical (unpaired) electrons. The second-order valence-electron chi connectivity index (χ2n) is 11.5. The van der Waals surface area contributed by atoms with E-state index in [0.29, 0.717) is 31.7 Å². The van der Waals surface area contributed by atoms with Crippen molar-refractivity contribution < 1.29 is 14.7 Å². The molecular weight excluding hydrogens is 424 g/mol. The highest BCUT2D eigenvalue weighted by molar-refractivity contribution is 5.94. The SMILES string of the molecule is CC(=O)c1ccc(N2CCN(C(=O)CCc3cc(C(C)(C)C)c(O)c(C(C)(C)C)c3)CC2)cc1. The first-order valence-electron chi connectivity index (χ1n) is 12.3. The van der Waals surface area contributed by atoms with Crippen molar-refractivity contribution in [3.05, 3.63) is 58.7 Å². The third kappa shape index (κ3) is 5.99. The van der Waals surface area contributed by atoms with Gasteiger partial charge in [-0.25, -0.2) is 0 Å². The number of amides is 1. The fraction of sp³-hybridized carbons (Fsp3) is 0.517. The maximum Gasteiger partial charge on any atom is 0.223 e. The number of phenolic OH excluding ortho intramolecular Hbond substituents is 1. The van der Waals surface area contributed by atoms with Crippen molar-refractivity contribution in [2.45, 2.75) is 72.1 Å². The molecule has 0 atom stereocenters. The molecule has 0 aliphatic carbocycles. The number of nitrogens with zero attached hydrogens (tertiary/aromatic N) is 2. The number of phenols is 1. The lowest BCUT2D eigenvalue weighted by atomic mass is 9.78. The van der Waals surface area contributed by atoms with Crippen molar-refractivity contribution in [2.75, 3.05) is 31.1 Å². The van der Waals surface area contributed by atoms with Crippen LogP contribution in [0.4, 0.5) is 5.69 Å². The van der Waals surface area contributed by atoms with Crippen molar-refractivity contribution >= 4 is 17.4 Å². The zero-order chi connectivity index (χ0) is 25.3. The summed E-state index contributed by atoms with van der Waals surface area (Å²) in [5, 5.41) is 10.9. The number of anilines is 1. The number of carbonyl (C=O) groups is 2. The van der Waals surface area contributed by atoms with E-state index in [1.54, 1.807) is 6.92 Å². The molecule has 1 amide bonds. The predicted molar refractivity (Wildman–Crippen MR) is 139 cm³/mol. The average molecular weight is 465 g/mol. The summed E-state index contributed by atoms with van der Waals surface area (Å²) in [6, 6.07) is 11.8. The van der Waals surface area contributed by atoms with Crippen molar-refractivity contribution in [2.24, 2.45) is 0 Å². The van der Waals surface area contributed by atoms with Crippen molar-refractivity contribution in [3.63, 3.8) is 0 Å². The number of aryl methyl sites for hydroxylation is 1. The maximum atomic E-state index is 13.0. The van der Waals surface area contributed by atoms with Crippen LogP contribution in [-0.4, -0.2) is 47.9 Å². The number of hydrogen-bond acceptors (Lipinski definition) is 4. The van der Waals surface area contributed by atoms with Gasteiger partial charge in [0.25, 0.3) is 0 Å². The number of aromatic hydroxyl groups is 1. The lowest BCUT2D eigenvalue weighted by Gasteiger charge is -2.36. The van der Waals surface area contributed by atoms with E-state index >= 15 is 0 Å². The first kappa shape index (κ1) is 25.8. The number of hydrogen-bond donors (Lipinski definition) is 1. The van der Waals surface area contributed by atoms with Crippen molar-refractivity contribution in [1.29, 1.82) is 0 Å². The number of Topliss-reactive ketones (excluding diaryl/α,β-unsaturated/α-hetero) is 1. The van der Waals surface area contributed by atoms with E-state index in [1.807, 2.05) is 29.2 Å². The second-order valence-corrected chi connectivity index (χ2v) is 11.5. The van der Waals surface area contributed by atoms with Crippen LogP contribution in [0.2, 0.25) is 0 Å².